The van der Waals surface area contributed by atoms with E-state index in [2.05, 4.69) is 27.4 Å². The van der Waals surface area contributed by atoms with Crippen molar-refractivity contribution < 1.29 is 4.52 Å². The minimum absolute atomic E-state index is 1.13. The van der Waals surface area contributed by atoms with Gasteiger partial charge in [0.1, 0.15) is 0 Å². The number of nitriles is 1. The summed E-state index contributed by atoms with van der Waals surface area (Å²) in [6.07, 6.45) is 12.6. The molecule has 0 amide bonds. The molecule has 0 N–H and O–H groups in total. The molecule has 0 saturated heterocycles. The second-order valence-corrected chi connectivity index (χ2v) is 11.5. The summed E-state index contributed by atoms with van der Waals surface area (Å²) in [5.41, 5.74) is 0. The van der Waals surface area contributed by atoms with Crippen LogP contribution in [0.15, 0.2) is 0 Å². The normalized spacial score (nSPS) is 13.7. The first-order valence-corrected chi connectivity index (χ1v) is 10.3. The summed E-state index contributed by atoms with van der Waals surface area (Å²) < 4.78 is 5.76. The van der Waals surface area contributed by atoms with E-state index >= 15 is 0 Å². The minimum atomic E-state index is -2.20. The fraction of sp³-hybridized carbons (Fsp3) is 0.929. The molecular formula is C14H30NOP. The summed E-state index contributed by atoms with van der Waals surface area (Å²) in [5, 5.41) is 9.03. The van der Waals surface area contributed by atoms with E-state index in [4.69, 9.17) is 9.79 Å². The van der Waals surface area contributed by atoms with Gasteiger partial charge in [-0.3, -0.25) is 0 Å². The molecule has 3 heteroatoms. The van der Waals surface area contributed by atoms with Crippen molar-refractivity contribution >= 4 is 6.83 Å². The molecule has 0 aliphatic rings. The van der Waals surface area contributed by atoms with Crippen LogP contribution >= 0.6 is 6.83 Å². The van der Waals surface area contributed by atoms with Crippen LogP contribution in [0.3, 0.4) is 0 Å². The molecule has 0 aliphatic carbocycles. The van der Waals surface area contributed by atoms with E-state index in [9.17, 15) is 0 Å². The van der Waals surface area contributed by atoms with Crippen molar-refractivity contribution in [1.29, 1.82) is 5.26 Å². The molecule has 0 fully saturated rings. The molecule has 0 bridgehead atoms. The van der Waals surface area contributed by atoms with Crippen molar-refractivity contribution in [2.75, 3.05) is 25.2 Å². The third-order valence-corrected chi connectivity index (χ3v) is 9.14. The standard InChI is InChI=1S/C14H30NOP/c1-5-8-11-17(4,16-14-15,12-9-6-2)13-10-7-3/h5-13H2,1-4H3. The van der Waals surface area contributed by atoms with Crippen LogP contribution in [0.5, 0.6) is 0 Å². The second-order valence-electron chi connectivity index (χ2n) is 5.60. The number of hydrogen-bond acceptors (Lipinski definition) is 2. The molecule has 0 aliphatic heterocycles. The van der Waals surface area contributed by atoms with Crippen molar-refractivity contribution in [1.82, 2.24) is 0 Å². The van der Waals surface area contributed by atoms with Crippen LogP contribution < -0.4 is 0 Å². The molecular weight excluding hydrogens is 229 g/mol. The average Bonchev–Trinajstić information content (AvgIpc) is 2.33. The number of unbranched alkanes of at least 4 members (excludes halogenated alkanes) is 3. The Hall–Kier alpha value is -0.280. The first kappa shape index (κ1) is 16.7. The summed E-state index contributed by atoms with van der Waals surface area (Å²) in [5.74, 6) is 0. The number of hydrogen-bond donors (Lipinski definition) is 0. The van der Waals surface area contributed by atoms with Gasteiger partial charge in [-0.1, -0.05) is 0 Å². The molecule has 0 heterocycles. The fourth-order valence-electron chi connectivity index (χ4n) is 2.41. The molecule has 0 aromatic heterocycles. The zero-order valence-corrected chi connectivity index (χ0v) is 13.1. The monoisotopic (exact) mass is 259 g/mol. The predicted molar refractivity (Wildman–Crippen MR) is 78.9 cm³/mol. The summed E-state index contributed by atoms with van der Waals surface area (Å²) >= 11 is 0. The number of rotatable bonds is 10. The molecule has 0 spiro atoms. The first-order valence-electron chi connectivity index (χ1n) is 7.13. The van der Waals surface area contributed by atoms with E-state index in [0.717, 1.165) is 18.5 Å². The van der Waals surface area contributed by atoms with Gasteiger partial charge in [0, 0.05) is 0 Å². The number of nitrogens with zero attached hydrogens (tertiary/aromatic N) is 1. The van der Waals surface area contributed by atoms with Crippen LogP contribution in [0.2, 0.25) is 0 Å². The molecule has 102 valence electrons. The predicted octanol–water partition coefficient (Wildman–Crippen LogP) is 4.98. The molecule has 17 heavy (non-hydrogen) atoms. The van der Waals surface area contributed by atoms with Gasteiger partial charge in [-0.2, -0.15) is 0 Å². The average molecular weight is 259 g/mol. The Bertz CT molecular complexity index is 223. The third kappa shape index (κ3) is 5.73. The van der Waals surface area contributed by atoms with Crippen molar-refractivity contribution in [3.05, 3.63) is 0 Å². The van der Waals surface area contributed by atoms with Crippen LogP contribution in [0.1, 0.15) is 59.3 Å². The Kier molecular flexibility index (Phi) is 7.80. The van der Waals surface area contributed by atoms with Gasteiger partial charge in [-0.15, -0.1) is 0 Å². The van der Waals surface area contributed by atoms with Crippen molar-refractivity contribution in [3.63, 3.8) is 0 Å². The van der Waals surface area contributed by atoms with Crippen LogP contribution in [0.25, 0.3) is 0 Å². The molecule has 2 nitrogen and oxygen atoms in total. The molecule has 0 saturated carbocycles. The van der Waals surface area contributed by atoms with Crippen LogP contribution in [0, 0.1) is 11.5 Å². The quantitative estimate of drug-likeness (QED) is 0.409. The maximum atomic E-state index is 9.03. The summed E-state index contributed by atoms with van der Waals surface area (Å²) in [6, 6.07) is 0. The Balaban J connectivity index is 4.84. The van der Waals surface area contributed by atoms with E-state index in [0.29, 0.717) is 0 Å². The maximum absolute atomic E-state index is 9.03. The van der Waals surface area contributed by atoms with Crippen LogP contribution in [0.4, 0.5) is 0 Å². The Labute approximate surface area is 108 Å². The second kappa shape index (κ2) is 7.93. The van der Waals surface area contributed by atoms with Crippen molar-refractivity contribution in [2.45, 2.75) is 59.3 Å². The van der Waals surface area contributed by atoms with Crippen molar-refractivity contribution in [3.8, 4) is 6.26 Å². The fourth-order valence-corrected chi connectivity index (χ4v) is 7.24. The topological polar surface area (TPSA) is 33.0 Å². The van der Waals surface area contributed by atoms with E-state index < -0.39 is 6.83 Å². The Morgan fingerprint density at radius 1 is 0.882 bits per heavy atom. The van der Waals surface area contributed by atoms with Gasteiger partial charge in [-0.05, 0) is 0 Å². The van der Waals surface area contributed by atoms with Gasteiger partial charge in [-0.25, -0.2) is 0 Å². The van der Waals surface area contributed by atoms with E-state index in [1.54, 1.807) is 0 Å². The van der Waals surface area contributed by atoms with E-state index in [1.807, 2.05) is 6.26 Å². The molecule has 0 rings (SSSR count). The van der Waals surface area contributed by atoms with E-state index in [-0.39, 0.29) is 0 Å². The van der Waals surface area contributed by atoms with Gasteiger partial charge < -0.3 is 0 Å². The molecule has 0 radical (unpaired) electrons. The molecule has 0 atom stereocenters. The Morgan fingerprint density at radius 3 is 1.47 bits per heavy atom. The van der Waals surface area contributed by atoms with Gasteiger partial charge in [0.15, 0.2) is 0 Å². The Morgan fingerprint density at radius 2 is 1.24 bits per heavy atom. The summed E-state index contributed by atoms with van der Waals surface area (Å²) in [6.45, 7) is 6.75. The molecule has 0 unspecified atom stereocenters. The van der Waals surface area contributed by atoms with E-state index in [1.165, 1.54) is 38.5 Å². The zero-order chi connectivity index (χ0) is 13.2. The summed E-state index contributed by atoms with van der Waals surface area (Å²) in [7, 11) is 0. The molecule has 0 aromatic rings. The SMILES string of the molecule is CCCCP(C)(CCCC)(CCCC)OC#N. The summed E-state index contributed by atoms with van der Waals surface area (Å²) in [4.78, 5) is 0. The van der Waals surface area contributed by atoms with Gasteiger partial charge >= 0.3 is 107 Å². The van der Waals surface area contributed by atoms with Crippen molar-refractivity contribution in [2.24, 2.45) is 0 Å². The third-order valence-electron chi connectivity index (χ3n) is 3.75. The van der Waals surface area contributed by atoms with Crippen LogP contribution in [-0.4, -0.2) is 25.2 Å². The van der Waals surface area contributed by atoms with Gasteiger partial charge in [0.05, 0.1) is 0 Å². The van der Waals surface area contributed by atoms with Crippen LogP contribution in [-0.2, 0) is 4.52 Å². The zero-order valence-electron chi connectivity index (χ0n) is 12.2. The first-order chi connectivity index (χ1) is 8.04. The molecule has 0 aromatic carbocycles. The van der Waals surface area contributed by atoms with Gasteiger partial charge in [0.2, 0.25) is 0 Å². The van der Waals surface area contributed by atoms with Gasteiger partial charge in [0.25, 0.3) is 0 Å².